The minimum Gasteiger partial charge on any atom is -0.492 e. The number of ether oxygens (including phenoxy) is 2. The van der Waals surface area contributed by atoms with Crippen molar-refractivity contribution in [2.75, 3.05) is 32.9 Å². The fraction of sp³-hybridized carbons (Fsp3) is 0.429. The molecule has 142 valence electrons. The van der Waals surface area contributed by atoms with Crippen molar-refractivity contribution in [2.24, 2.45) is 5.92 Å². The van der Waals surface area contributed by atoms with Crippen molar-refractivity contribution in [3.8, 4) is 5.75 Å². The van der Waals surface area contributed by atoms with Gasteiger partial charge in [-0.3, -0.25) is 14.7 Å². The number of pyridine rings is 1. The molecule has 0 radical (unpaired) electrons. The van der Waals surface area contributed by atoms with Crippen LogP contribution in [0.3, 0.4) is 0 Å². The van der Waals surface area contributed by atoms with Gasteiger partial charge in [0, 0.05) is 37.0 Å². The summed E-state index contributed by atoms with van der Waals surface area (Å²) in [6.07, 6.45) is 4.49. The molecular formula is C21H25N3O3. The Kier molecular flexibility index (Phi) is 5.65. The normalized spacial score (nSPS) is 22.5. The maximum absolute atomic E-state index is 12.6. The van der Waals surface area contributed by atoms with Gasteiger partial charge >= 0.3 is 0 Å². The molecule has 1 aromatic carbocycles. The van der Waals surface area contributed by atoms with E-state index in [0.717, 1.165) is 30.8 Å². The lowest BCUT2D eigenvalue weighted by atomic mass is 9.95. The van der Waals surface area contributed by atoms with Crippen molar-refractivity contribution in [2.45, 2.75) is 19.0 Å². The van der Waals surface area contributed by atoms with Crippen molar-refractivity contribution in [3.63, 3.8) is 0 Å². The summed E-state index contributed by atoms with van der Waals surface area (Å²) in [5, 5.41) is 3.18. The molecule has 3 heterocycles. The standard InChI is InChI=1S/C21H25N3O3/c25-21(13-24-9-10-27-20-4-2-1-3-17(20)12-24)23-19-15-26-14-18(19)11-16-5-7-22-8-6-16/h1-8,18-19H,9-15H2,(H,23,25)/t18-,19-/m1/s1. The van der Waals surface area contributed by atoms with E-state index in [1.807, 2.05) is 30.3 Å². The van der Waals surface area contributed by atoms with Gasteiger partial charge in [0.15, 0.2) is 0 Å². The zero-order valence-corrected chi connectivity index (χ0v) is 15.3. The number of aromatic nitrogens is 1. The molecule has 0 unspecified atom stereocenters. The van der Waals surface area contributed by atoms with Crippen LogP contribution >= 0.6 is 0 Å². The maximum atomic E-state index is 12.6. The van der Waals surface area contributed by atoms with Gasteiger partial charge in [0.2, 0.25) is 5.91 Å². The van der Waals surface area contributed by atoms with E-state index in [9.17, 15) is 4.79 Å². The Morgan fingerprint density at radius 1 is 1.19 bits per heavy atom. The number of para-hydroxylation sites is 1. The van der Waals surface area contributed by atoms with Gasteiger partial charge in [0.05, 0.1) is 25.8 Å². The van der Waals surface area contributed by atoms with Gasteiger partial charge < -0.3 is 14.8 Å². The smallest absolute Gasteiger partial charge is 0.234 e. The van der Waals surface area contributed by atoms with Crippen LogP contribution in [-0.4, -0.2) is 54.7 Å². The first-order valence-electron chi connectivity index (χ1n) is 9.47. The van der Waals surface area contributed by atoms with Crippen LogP contribution in [-0.2, 0) is 22.5 Å². The van der Waals surface area contributed by atoms with Gasteiger partial charge in [0.25, 0.3) is 0 Å². The van der Waals surface area contributed by atoms with Crippen LogP contribution in [0, 0.1) is 5.92 Å². The van der Waals surface area contributed by atoms with E-state index in [1.54, 1.807) is 12.4 Å². The van der Waals surface area contributed by atoms with Gasteiger partial charge in [-0.15, -0.1) is 0 Å². The Morgan fingerprint density at radius 3 is 2.93 bits per heavy atom. The number of nitrogens with zero attached hydrogens (tertiary/aromatic N) is 2. The molecule has 1 saturated heterocycles. The summed E-state index contributed by atoms with van der Waals surface area (Å²) in [6.45, 7) is 3.69. The fourth-order valence-corrected chi connectivity index (χ4v) is 3.75. The third-order valence-corrected chi connectivity index (χ3v) is 5.19. The van der Waals surface area contributed by atoms with Crippen molar-refractivity contribution >= 4 is 5.91 Å². The molecule has 1 fully saturated rings. The van der Waals surface area contributed by atoms with E-state index in [-0.39, 0.29) is 11.9 Å². The molecule has 27 heavy (non-hydrogen) atoms. The topological polar surface area (TPSA) is 63.7 Å². The number of hydrogen-bond acceptors (Lipinski definition) is 5. The highest BCUT2D eigenvalue weighted by molar-refractivity contribution is 5.78. The molecule has 2 aliphatic rings. The summed E-state index contributed by atoms with van der Waals surface area (Å²) in [5.41, 5.74) is 2.35. The van der Waals surface area contributed by atoms with Crippen LogP contribution in [0.1, 0.15) is 11.1 Å². The van der Waals surface area contributed by atoms with E-state index >= 15 is 0 Å². The molecule has 0 saturated carbocycles. The van der Waals surface area contributed by atoms with Crippen LogP contribution in [0.2, 0.25) is 0 Å². The SMILES string of the molecule is O=C(CN1CCOc2ccccc2C1)N[C@@H]1COC[C@H]1Cc1ccncc1. The van der Waals surface area contributed by atoms with Crippen molar-refractivity contribution < 1.29 is 14.3 Å². The molecule has 2 atom stereocenters. The van der Waals surface area contributed by atoms with E-state index in [1.165, 1.54) is 5.56 Å². The van der Waals surface area contributed by atoms with E-state index in [2.05, 4.69) is 21.3 Å². The van der Waals surface area contributed by atoms with Crippen molar-refractivity contribution in [1.82, 2.24) is 15.2 Å². The Hall–Kier alpha value is -2.44. The summed E-state index contributed by atoms with van der Waals surface area (Å²) in [7, 11) is 0. The van der Waals surface area contributed by atoms with Crippen LogP contribution in [0.15, 0.2) is 48.8 Å². The number of carbonyl (C=O) groups excluding carboxylic acids is 1. The minimum absolute atomic E-state index is 0.0459. The van der Waals surface area contributed by atoms with Gasteiger partial charge in [-0.2, -0.15) is 0 Å². The molecule has 1 aromatic heterocycles. The van der Waals surface area contributed by atoms with Crippen molar-refractivity contribution in [1.29, 1.82) is 0 Å². The summed E-state index contributed by atoms with van der Waals surface area (Å²) in [5.74, 6) is 1.26. The highest BCUT2D eigenvalue weighted by Crippen LogP contribution is 2.22. The first kappa shape index (κ1) is 17.9. The molecule has 2 aliphatic heterocycles. The Balaban J connectivity index is 1.32. The number of rotatable bonds is 5. The number of benzene rings is 1. The van der Waals surface area contributed by atoms with E-state index in [0.29, 0.717) is 32.3 Å². The first-order chi connectivity index (χ1) is 13.3. The van der Waals surface area contributed by atoms with Gasteiger partial charge in [-0.25, -0.2) is 0 Å². The fourth-order valence-electron chi connectivity index (χ4n) is 3.75. The first-order valence-corrected chi connectivity index (χ1v) is 9.47. The van der Waals surface area contributed by atoms with Gasteiger partial charge in [-0.05, 0) is 30.2 Å². The number of fused-ring (bicyclic) bond motifs is 1. The Labute approximate surface area is 159 Å². The third-order valence-electron chi connectivity index (χ3n) is 5.19. The second-order valence-corrected chi connectivity index (χ2v) is 7.20. The predicted molar refractivity (Wildman–Crippen MR) is 101 cm³/mol. The van der Waals surface area contributed by atoms with Crippen LogP contribution in [0.5, 0.6) is 5.75 Å². The van der Waals surface area contributed by atoms with Crippen LogP contribution < -0.4 is 10.1 Å². The zero-order chi connectivity index (χ0) is 18.5. The van der Waals surface area contributed by atoms with Gasteiger partial charge in [-0.1, -0.05) is 18.2 Å². The Bertz CT molecular complexity index is 768. The van der Waals surface area contributed by atoms with Crippen LogP contribution in [0.4, 0.5) is 0 Å². The second-order valence-electron chi connectivity index (χ2n) is 7.20. The molecule has 6 nitrogen and oxygen atoms in total. The largest absolute Gasteiger partial charge is 0.492 e. The summed E-state index contributed by atoms with van der Waals surface area (Å²) in [6, 6.07) is 12.1. The molecule has 0 spiro atoms. The summed E-state index contributed by atoms with van der Waals surface area (Å²) >= 11 is 0. The lowest BCUT2D eigenvalue weighted by Gasteiger charge is -2.23. The molecule has 1 amide bonds. The second kappa shape index (κ2) is 8.50. The lowest BCUT2D eigenvalue weighted by Crippen LogP contribution is -2.45. The molecule has 0 aliphatic carbocycles. The van der Waals surface area contributed by atoms with Crippen molar-refractivity contribution in [3.05, 3.63) is 59.9 Å². The number of nitrogens with one attached hydrogen (secondary N) is 1. The number of hydrogen-bond donors (Lipinski definition) is 1. The summed E-state index contributed by atoms with van der Waals surface area (Å²) < 4.78 is 11.4. The zero-order valence-electron chi connectivity index (χ0n) is 15.3. The summed E-state index contributed by atoms with van der Waals surface area (Å²) in [4.78, 5) is 18.8. The van der Waals surface area contributed by atoms with E-state index < -0.39 is 0 Å². The molecule has 6 heteroatoms. The predicted octanol–water partition coefficient (Wildman–Crippen LogP) is 1.65. The minimum atomic E-state index is 0.0459. The monoisotopic (exact) mass is 367 g/mol. The average Bonchev–Trinajstić information content (AvgIpc) is 2.99. The highest BCUT2D eigenvalue weighted by Gasteiger charge is 2.30. The molecule has 2 aromatic rings. The molecule has 0 bridgehead atoms. The average molecular weight is 367 g/mol. The van der Waals surface area contributed by atoms with Gasteiger partial charge in [0.1, 0.15) is 12.4 Å². The Morgan fingerprint density at radius 2 is 2.04 bits per heavy atom. The van der Waals surface area contributed by atoms with Crippen LogP contribution in [0.25, 0.3) is 0 Å². The van der Waals surface area contributed by atoms with E-state index in [4.69, 9.17) is 9.47 Å². The molecular weight excluding hydrogens is 342 g/mol. The molecule has 4 rings (SSSR count). The lowest BCUT2D eigenvalue weighted by molar-refractivity contribution is -0.123. The maximum Gasteiger partial charge on any atom is 0.234 e. The number of amides is 1. The highest BCUT2D eigenvalue weighted by atomic mass is 16.5. The molecule has 1 N–H and O–H groups in total. The quantitative estimate of drug-likeness (QED) is 0.871. The third kappa shape index (κ3) is 4.64. The number of carbonyl (C=O) groups is 1.